The summed E-state index contributed by atoms with van der Waals surface area (Å²) in [5.74, 6) is 1.05. The largest absolute Gasteiger partial charge is 0.388 e. The van der Waals surface area contributed by atoms with Gasteiger partial charge in [-0.3, -0.25) is 4.68 Å². The van der Waals surface area contributed by atoms with Gasteiger partial charge in [-0.15, -0.1) is 0 Å². The van der Waals surface area contributed by atoms with Crippen molar-refractivity contribution < 1.29 is 9.84 Å². The Balaban J connectivity index is 2.03. The van der Waals surface area contributed by atoms with Crippen LogP contribution in [0.5, 0.6) is 0 Å². The first-order valence-electron chi connectivity index (χ1n) is 7.33. The summed E-state index contributed by atoms with van der Waals surface area (Å²) in [5.41, 5.74) is 1.77. The van der Waals surface area contributed by atoms with Crippen molar-refractivity contribution in [3.8, 4) is 0 Å². The zero-order valence-electron chi connectivity index (χ0n) is 13.1. The molecule has 3 aromatic rings. The highest BCUT2D eigenvalue weighted by molar-refractivity contribution is 5.89. The number of aromatic nitrogens is 4. The summed E-state index contributed by atoms with van der Waals surface area (Å²) >= 11 is 0. The van der Waals surface area contributed by atoms with Crippen LogP contribution in [0.2, 0.25) is 0 Å². The van der Waals surface area contributed by atoms with Gasteiger partial charge in [0.2, 0.25) is 0 Å². The number of methoxy groups -OCH3 is 1. The van der Waals surface area contributed by atoms with Crippen molar-refractivity contribution in [3.05, 3.63) is 48.0 Å². The lowest BCUT2D eigenvalue weighted by Crippen LogP contribution is -2.20. The number of anilines is 1. The van der Waals surface area contributed by atoms with Gasteiger partial charge in [0.25, 0.3) is 0 Å². The van der Waals surface area contributed by atoms with Crippen LogP contribution in [0.4, 0.5) is 5.82 Å². The number of aliphatic hydroxyl groups is 1. The molecule has 0 aliphatic rings. The monoisotopic (exact) mass is 313 g/mol. The zero-order chi connectivity index (χ0) is 16.2. The molecule has 23 heavy (non-hydrogen) atoms. The highest BCUT2D eigenvalue weighted by Crippen LogP contribution is 2.25. The first-order valence-corrected chi connectivity index (χ1v) is 7.33. The van der Waals surface area contributed by atoms with Crippen molar-refractivity contribution in [2.45, 2.75) is 12.6 Å². The Morgan fingerprint density at radius 3 is 2.78 bits per heavy atom. The third-order valence-electron chi connectivity index (χ3n) is 3.65. The molecule has 7 nitrogen and oxygen atoms in total. The number of para-hydroxylation sites is 1. The predicted octanol–water partition coefficient (Wildman–Crippen LogP) is 1.66. The molecule has 0 saturated carbocycles. The summed E-state index contributed by atoms with van der Waals surface area (Å²) in [7, 11) is 3.54. The molecule has 0 aliphatic carbocycles. The molecule has 0 radical (unpaired) electrons. The van der Waals surface area contributed by atoms with E-state index in [2.05, 4.69) is 20.4 Å². The van der Waals surface area contributed by atoms with Gasteiger partial charge in [0.1, 0.15) is 12.4 Å². The molecule has 3 rings (SSSR count). The zero-order valence-corrected chi connectivity index (χ0v) is 13.1. The maximum Gasteiger partial charge on any atom is 0.156 e. The first-order chi connectivity index (χ1) is 11.2. The summed E-state index contributed by atoms with van der Waals surface area (Å²) in [5, 5.41) is 17.9. The minimum Gasteiger partial charge on any atom is -0.388 e. The molecule has 0 fully saturated rings. The van der Waals surface area contributed by atoms with E-state index in [0.29, 0.717) is 18.2 Å². The minimum absolute atomic E-state index is 0.114. The maximum absolute atomic E-state index is 9.40. The summed E-state index contributed by atoms with van der Waals surface area (Å²) in [6.07, 6.45) is 1.75. The van der Waals surface area contributed by atoms with Gasteiger partial charge in [0.15, 0.2) is 5.82 Å². The lowest BCUT2D eigenvalue weighted by Gasteiger charge is -2.20. The lowest BCUT2D eigenvalue weighted by molar-refractivity contribution is 0.184. The molecular weight excluding hydrogens is 294 g/mol. The van der Waals surface area contributed by atoms with Crippen LogP contribution in [-0.2, 0) is 18.4 Å². The van der Waals surface area contributed by atoms with Gasteiger partial charge in [0.05, 0.1) is 23.9 Å². The van der Waals surface area contributed by atoms with Crippen molar-refractivity contribution in [3.63, 3.8) is 0 Å². The van der Waals surface area contributed by atoms with E-state index in [0.717, 1.165) is 16.6 Å². The Morgan fingerprint density at radius 2 is 2.09 bits per heavy atom. The lowest BCUT2D eigenvalue weighted by atomic mass is 10.2. The summed E-state index contributed by atoms with van der Waals surface area (Å²) in [6, 6.07) is 9.52. The van der Waals surface area contributed by atoms with Crippen LogP contribution >= 0.6 is 0 Å². The second-order valence-corrected chi connectivity index (χ2v) is 5.20. The Labute approximate surface area is 133 Å². The fraction of sp³-hybridized carbons (Fsp3) is 0.312. The second-order valence-electron chi connectivity index (χ2n) is 5.20. The molecule has 0 bridgehead atoms. The van der Waals surface area contributed by atoms with Gasteiger partial charge in [0, 0.05) is 25.7 Å². The van der Waals surface area contributed by atoms with Crippen LogP contribution < -0.4 is 5.32 Å². The minimum atomic E-state index is -0.208. The topological polar surface area (TPSA) is 85.1 Å². The molecule has 120 valence electrons. The molecule has 1 aromatic carbocycles. The number of nitrogens with zero attached hydrogens (tertiary/aromatic N) is 4. The van der Waals surface area contributed by atoms with E-state index in [4.69, 9.17) is 4.74 Å². The van der Waals surface area contributed by atoms with Crippen LogP contribution in [0.3, 0.4) is 0 Å². The predicted molar refractivity (Wildman–Crippen MR) is 86.9 cm³/mol. The van der Waals surface area contributed by atoms with E-state index in [-0.39, 0.29) is 12.6 Å². The first kappa shape index (κ1) is 15.4. The third-order valence-corrected chi connectivity index (χ3v) is 3.65. The third kappa shape index (κ3) is 3.15. The van der Waals surface area contributed by atoms with Gasteiger partial charge in [-0.05, 0) is 18.2 Å². The molecule has 0 amide bonds. The molecule has 2 aromatic heterocycles. The van der Waals surface area contributed by atoms with Crippen LogP contribution in [0, 0.1) is 0 Å². The van der Waals surface area contributed by atoms with Crippen LogP contribution in [-0.4, -0.2) is 38.6 Å². The molecule has 2 heterocycles. The van der Waals surface area contributed by atoms with E-state index in [9.17, 15) is 5.11 Å². The van der Waals surface area contributed by atoms with Gasteiger partial charge in [-0.25, -0.2) is 9.97 Å². The standard InChI is InChI=1S/C16H19N5O2/c1-21-14(7-8-17-21)13(10-23-2)19-16-11-5-3-4-6-12(11)18-15(9-22)20-16/h3-8,13,22H,9-10H2,1-2H3,(H,18,19,20)/t13-/m1/s1. The maximum atomic E-state index is 9.40. The number of aliphatic hydroxyl groups excluding tert-OH is 1. The van der Waals surface area contributed by atoms with Crippen LogP contribution in [0.1, 0.15) is 17.6 Å². The molecule has 2 N–H and O–H groups in total. The Hall–Kier alpha value is -2.51. The van der Waals surface area contributed by atoms with Crippen molar-refractivity contribution >= 4 is 16.7 Å². The molecule has 1 atom stereocenters. The van der Waals surface area contributed by atoms with E-state index < -0.39 is 0 Å². The van der Waals surface area contributed by atoms with Crippen molar-refractivity contribution in [2.75, 3.05) is 19.0 Å². The number of nitrogens with one attached hydrogen (secondary N) is 1. The highest BCUT2D eigenvalue weighted by atomic mass is 16.5. The molecule has 0 saturated heterocycles. The Bertz CT molecular complexity index is 802. The Morgan fingerprint density at radius 1 is 1.26 bits per heavy atom. The number of hydrogen-bond acceptors (Lipinski definition) is 6. The second kappa shape index (κ2) is 6.72. The molecule has 0 aliphatic heterocycles. The highest BCUT2D eigenvalue weighted by Gasteiger charge is 2.17. The summed E-state index contributed by atoms with van der Waals surface area (Å²) in [4.78, 5) is 8.76. The number of hydrogen-bond donors (Lipinski definition) is 2. The quantitative estimate of drug-likeness (QED) is 0.720. The smallest absolute Gasteiger partial charge is 0.156 e. The van der Waals surface area contributed by atoms with E-state index in [1.807, 2.05) is 37.4 Å². The van der Waals surface area contributed by atoms with Crippen LogP contribution in [0.15, 0.2) is 36.5 Å². The molecule has 7 heteroatoms. The van der Waals surface area contributed by atoms with Gasteiger partial charge >= 0.3 is 0 Å². The number of rotatable bonds is 6. The molecular formula is C16H19N5O2. The van der Waals surface area contributed by atoms with E-state index in [1.165, 1.54) is 0 Å². The average Bonchev–Trinajstić information content (AvgIpc) is 3.00. The van der Waals surface area contributed by atoms with Gasteiger partial charge < -0.3 is 15.2 Å². The molecule has 0 spiro atoms. The summed E-state index contributed by atoms with van der Waals surface area (Å²) < 4.78 is 7.13. The fourth-order valence-corrected chi connectivity index (χ4v) is 2.56. The summed E-state index contributed by atoms with van der Waals surface area (Å²) in [6.45, 7) is 0.256. The number of ether oxygens (including phenoxy) is 1. The number of benzene rings is 1. The normalized spacial score (nSPS) is 12.5. The van der Waals surface area contributed by atoms with Crippen molar-refractivity contribution in [1.82, 2.24) is 19.7 Å². The van der Waals surface area contributed by atoms with Gasteiger partial charge in [-0.1, -0.05) is 12.1 Å². The molecule has 0 unspecified atom stereocenters. The number of fused-ring (bicyclic) bond motifs is 1. The van der Waals surface area contributed by atoms with E-state index in [1.54, 1.807) is 18.0 Å². The van der Waals surface area contributed by atoms with Crippen LogP contribution in [0.25, 0.3) is 10.9 Å². The van der Waals surface area contributed by atoms with Crippen molar-refractivity contribution in [2.24, 2.45) is 7.05 Å². The van der Waals surface area contributed by atoms with Crippen molar-refractivity contribution in [1.29, 1.82) is 0 Å². The van der Waals surface area contributed by atoms with E-state index >= 15 is 0 Å². The van der Waals surface area contributed by atoms with Gasteiger partial charge in [-0.2, -0.15) is 5.10 Å². The Kier molecular flexibility index (Phi) is 4.50. The fourth-order valence-electron chi connectivity index (χ4n) is 2.56. The average molecular weight is 313 g/mol. The number of aryl methyl sites for hydroxylation is 1. The SMILES string of the molecule is COC[C@@H](Nc1nc(CO)nc2ccccc12)c1ccnn1C.